The molecule has 0 spiro atoms. The van der Waals surface area contributed by atoms with Gasteiger partial charge in [0, 0.05) is 0 Å². The Kier molecular flexibility index (Phi) is 4.06. The highest BCUT2D eigenvalue weighted by atomic mass is 19.4. The highest BCUT2D eigenvalue weighted by molar-refractivity contribution is 5.64. The van der Waals surface area contributed by atoms with Gasteiger partial charge in [0.2, 0.25) is 0 Å². The summed E-state index contributed by atoms with van der Waals surface area (Å²) in [6.45, 7) is 0. The number of rotatable bonds is 3. The average Bonchev–Trinajstić information content (AvgIpc) is 2.56. The van der Waals surface area contributed by atoms with E-state index in [1.165, 1.54) is 12.1 Å². The molecule has 0 aliphatic heterocycles. The number of ether oxygens (including phenoxy) is 1. The molecular formula is C19H13F3O. The van der Waals surface area contributed by atoms with E-state index >= 15 is 0 Å². The Hall–Kier alpha value is -2.75. The summed E-state index contributed by atoms with van der Waals surface area (Å²) in [4.78, 5) is 0. The first-order valence-corrected chi connectivity index (χ1v) is 7.03. The van der Waals surface area contributed by atoms with Crippen LogP contribution in [0.15, 0.2) is 78.9 Å². The molecule has 0 N–H and O–H groups in total. The third kappa shape index (κ3) is 3.72. The molecule has 0 amide bonds. The van der Waals surface area contributed by atoms with E-state index in [1.54, 1.807) is 12.1 Å². The zero-order valence-corrected chi connectivity index (χ0v) is 12.0. The van der Waals surface area contributed by atoms with Crippen molar-refractivity contribution in [3.8, 4) is 22.6 Å². The number of halogens is 3. The second-order valence-electron chi connectivity index (χ2n) is 5.01. The summed E-state index contributed by atoms with van der Waals surface area (Å²) in [5.41, 5.74) is 1.45. The largest absolute Gasteiger partial charge is 0.457 e. The third-order valence-corrected chi connectivity index (χ3v) is 3.38. The van der Waals surface area contributed by atoms with Gasteiger partial charge in [0.1, 0.15) is 11.5 Å². The van der Waals surface area contributed by atoms with Crippen LogP contribution in [0.5, 0.6) is 11.5 Å². The van der Waals surface area contributed by atoms with Crippen molar-refractivity contribution in [2.45, 2.75) is 6.18 Å². The lowest BCUT2D eigenvalue weighted by Gasteiger charge is -2.09. The first-order valence-electron chi connectivity index (χ1n) is 7.03. The molecule has 0 aliphatic carbocycles. The zero-order chi connectivity index (χ0) is 16.3. The van der Waals surface area contributed by atoms with Crippen molar-refractivity contribution in [2.24, 2.45) is 0 Å². The van der Waals surface area contributed by atoms with Crippen LogP contribution < -0.4 is 4.74 Å². The van der Waals surface area contributed by atoms with Gasteiger partial charge < -0.3 is 4.74 Å². The molecule has 3 rings (SSSR count). The standard InChI is InChI=1S/C19H13F3O/c20-19(21,22)16-8-12-18(13-9-16)23-17-10-6-15(7-11-17)14-4-2-1-3-5-14/h1-13H. The minimum atomic E-state index is -4.34. The van der Waals surface area contributed by atoms with Crippen LogP contribution >= 0.6 is 0 Å². The second kappa shape index (κ2) is 6.16. The molecule has 0 saturated heterocycles. The van der Waals surface area contributed by atoms with Crippen molar-refractivity contribution in [3.05, 3.63) is 84.4 Å². The van der Waals surface area contributed by atoms with Gasteiger partial charge in [-0.15, -0.1) is 0 Å². The molecule has 0 radical (unpaired) electrons. The molecule has 116 valence electrons. The summed E-state index contributed by atoms with van der Waals surface area (Å²) in [5.74, 6) is 0.940. The molecule has 3 aromatic rings. The van der Waals surface area contributed by atoms with Crippen molar-refractivity contribution in [1.82, 2.24) is 0 Å². The van der Waals surface area contributed by atoms with Crippen molar-refractivity contribution < 1.29 is 17.9 Å². The minimum absolute atomic E-state index is 0.366. The zero-order valence-electron chi connectivity index (χ0n) is 12.0. The lowest BCUT2D eigenvalue weighted by Crippen LogP contribution is -2.03. The number of benzene rings is 3. The van der Waals surface area contributed by atoms with Crippen molar-refractivity contribution in [1.29, 1.82) is 0 Å². The van der Waals surface area contributed by atoms with E-state index in [2.05, 4.69) is 0 Å². The van der Waals surface area contributed by atoms with E-state index in [1.807, 2.05) is 42.5 Å². The van der Waals surface area contributed by atoms with Gasteiger partial charge in [-0.05, 0) is 47.5 Å². The van der Waals surface area contributed by atoms with Gasteiger partial charge in [-0.25, -0.2) is 0 Å². The van der Waals surface area contributed by atoms with Gasteiger partial charge in [0.05, 0.1) is 5.56 Å². The van der Waals surface area contributed by atoms with Crippen molar-refractivity contribution >= 4 is 0 Å². The van der Waals surface area contributed by atoms with Gasteiger partial charge in [-0.1, -0.05) is 42.5 Å². The van der Waals surface area contributed by atoms with E-state index in [0.29, 0.717) is 11.5 Å². The monoisotopic (exact) mass is 314 g/mol. The molecule has 0 aliphatic rings. The van der Waals surface area contributed by atoms with Crippen LogP contribution in [0.1, 0.15) is 5.56 Å². The fraction of sp³-hybridized carbons (Fsp3) is 0.0526. The quantitative estimate of drug-likeness (QED) is 0.562. The van der Waals surface area contributed by atoms with Crippen molar-refractivity contribution in [2.75, 3.05) is 0 Å². The Balaban J connectivity index is 1.74. The second-order valence-corrected chi connectivity index (χ2v) is 5.01. The normalized spacial score (nSPS) is 11.3. The van der Waals surface area contributed by atoms with Gasteiger partial charge in [0.25, 0.3) is 0 Å². The van der Waals surface area contributed by atoms with Gasteiger partial charge in [0.15, 0.2) is 0 Å². The van der Waals surface area contributed by atoms with Crippen LogP contribution in [-0.4, -0.2) is 0 Å². The van der Waals surface area contributed by atoms with Crippen LogP contribution in [0.4, 0.5) is 13.2 Å². The van der Waals surface area contributed by atoms with Crippen molar-refractivity contribution in [3.63, 3.8) is 0 Å². The third-order valence-electron chi connectivity index (χ3n) is 3.38. The summed E-state index contributed by atoms with van der Waals surface area (Å²) in [5, 5.41) is 0. The Morgan fingerprint density at radius 2 is 1.04 bits per heavy atom. The maximum Gasteiger partial charge on any atom is 0.416 e. The summed E-state index contributed by atoms with van der Waals surface area (Å²) < 4.78 is 43.1. The molecule has 0 bridgehead atoms. The summed E-state index contributed by atoms with van der Waals surface area (Å²) in [6.07, 6.45) is -4.34. The van der Waals surface area contributed by atoms with Crippen LogP contribution in [0.25, 0.3) is 11.1 Å². The highest BCUT2D eigenvalue weighted by Gasteiger charge is 2.30. The Bertz CT molecular complexity index is 760. The molecule has 0 unspecified atom stereocenters. The molecular weight excluding hydrogens is 301 g/mol. The topological polar surface area (TPSA) is 9.23 Å². The average molecular weight is 314 g/mol. The molecule has 23 heavy (non-hydrogen) atoms. The molecule has 0 fully saturated rings. The Morgan fingerprint density at radius 3 is 1.57 bits per heavy atom. The van der Waals surface area contributed by atoms with Crippen LogP contribution in [0.3, 0.4) is 0 Å². The van der Waals surface area contributed by atoms with E-state index in [-0.39, 0.29) is 0 Å². The molecule has 1 nitrogen and oxygen atoms in total. The van der Waals surface area contributed by atoms with Crippen LogP contribution in [-0.2, 0) is 6.18 Å². The SMILES string of the molecule is FC(F)(F)c1ccc(Oc2ccc(-c3ccccc3)cc2)cc1. The van der Waals surface area contributed by atoms with E-state index in [0.717, 1.165) is 23.3 Å². The van der Waals surface area contributed by atoms with E-state index in [9.17, 15) is 13.2 Å². The fourth-order valence-corrected chi connectivity index (χ4v) is 2.19. The molecule has 4 heteroatoms. The highest BCUT2D eigenvalue weighted by Crippen LogP contribution is 2.31. The number of alkyl halides is 3. The molecule has 3 aromatic carbocycles. The molecule has 0 atom stereocenters. The predicted molar refractivity (Wildman–Crippen MR) is 83.4 cm³/mol. The lowest BCUT2D eigenvalue weighted by molar-refractivity contribution is -0.137. The summed E-state index contributed by atoms with van der Waals surface area (Å²) >= 11 is 0. The number of hydrogen-bond acceptors (Lipinski definition) is 1. The minimum Gasteiger partial charge on any atom is -0.457 e. The van der Waals surface area contributed by atoms with Crippen LogP contribution in [0, 0.1) is 0 Å². The Morgan fingerprint density at radius 1 is 0.565 bits per heavy atom. The van der Waals surface area contributed by atoms with Gasteiger partial charge in [-0.2, -0.15) is 13.2 Å². The van der Waals surface area contributed by atoms with E-state index in [4.69, 9.17) is 4.74 Å². The fourth-order valence-electron chi connectivity index (χ4n) is 2.19. The lowest BCUT2D eigenvalue weighted by atomic mass is 10.1. The van der Waals surface area contributed by atoms with Gasteiger partial charge >= 0.3 is 6.18 Å². The maximum atomic E-state index is 12.5. The molecule has 0 aromatic heterocycles. The first kappa shape index (κ1) is 15.2. The first-order chi connectivity index (χ1) is 11.0. The molecule has 0 saturated carbocycles. The van der Waals surface area contributed by atoms with E-state index < -0.39 is 11.7 Å². The molecule has 0 heterocycles. The predicted octanol–water partition coefficient (Wildman–Crippen LogP) is 6.16. The Labute approximate surface area is 132 Å². The van der Waals surface area contributed by atoms with Gasteiger partial charge in [-0.3, -0.25) is 0 Å². The van der Waals surface area contributed by atoms with Crippen LogP contribution in [0.2, 0.25) is 0 Å². The summed E-state index contributed by atoms with van der Waals surface area (Å²) in [7, 11) is 0. The summed E-state index contributed by atoms with van der Waals surface area (Å²) in [6, 6.07) is 21.9. The smallest absolute Gasteiger partial charge is 0.416 e. The number of hydrogen-bond donors (Lipinski definition) is 0. The maximum absolute atomic E-state index is 12.5.